The minimum absolute atomic E-state index is 0.128. The van der Waals surface area contributed by atoms with Gasteiger partial charge in [0.1, 0.15) is 11.5 Å². The Hall–Kier alpha value is -2.80. The summed E-state index contributed by atoms with van der Waals surface area (Å²) >= 11 is 6.13. The van der Waals surface area contributed by atoms with Crippen LogP contribution in [0.1, 0.15) is 18.1 Å². The van der Waals surface area contributed by atoms with Crippen LogP contribution in [0, 0.1) is 24.0 Å². The van der Waals surface area contributed by atoms with Crippen LogP contribution in [0.2, 0.25) is 5.02 Å². The molecule has 0 aliphatic carbocycles. The first-order valence-corrected chi connectivity index (χ1v) is 8.17. The lowest BCUT2D eigenvalue weighted by molar-refractivity contribution is -0.384. The van der Waals surface area contributed by atoms with Crippen molar-refractivity contribution in [3.63, 3.8) is 0 Å². The number of ether oxygens (including phenoxy) is 2. The number of nitro groups is 1. The Bertz CT molecular complexity index is 830. The zero-order chi connectivity index (χ0) is 19.4. The quantitative estimate of drug-likeness (QED) is 0.598. The molecule has 0 saturated heterocycles. The first-order valence-electron chi connectivity index (χ1n) is 7.79. The number of anilines is 1. The molecule has 0 heterocycles. The fraction of sp³-hybridized carbons (Fsp3) is 0.278. The molecule has 8 heteroatoms. The van der Waals surface area contributed by atoms with Gasteiger partial charge in [-0.25, -0.2) is 0 Å². The van der Waals surface area contributed by atoms with Crippen LogP contribution in [0.4, 0.5) is 11.4 Å². The van der Waals surface area contributed by atoms with Gasteiger partial charge in [-0.15, -0.1) is 0 Å². The maximum absolute atomic E-state index is 12.4. The molecule has 2 aromatic carbocycles. The van der Waals surface area contributed by atoms with Gasteiger partial charge in [-0.05, 0) is 50.1 Å². The average Bonchev–Trinajstić information content (AvgIpc) is 2.59. The maximum Gasteiger partial charge on any atom is 0.273 e. The van der Waals surface area contributed by atoms with Crippen molar-refractivity contribution in [2.45, 2.75) is 26.9 Å². The first kappa shape index (κ1) is 19.5. The van der Waals surface area contributed by atoms with E-state index in [9.17, 15) is 14.9 Å². The predicted molar refractivity (Wildman–Crippen MR) is 99.3 cm³/mol. The summed E-state index contributed by atoms with van der Waals surface area (Å²) in [6, 6.07) is 7.46. The summed E-state index contributed by atoms with van der Waals surface area (Å²) in [5.41, 5.74) is 1.90. The number of hydrogen-bond donors (Lipinski definition) is 1. The zero-order valence-corrected chi connectivity index (χ0v) is 15.6. The number of methoxy groups -OCH3 is 1. The summed E-state index contributed by atoms with van der Waals surface area (Å²) in [4.78, 5) is 22.7. The number of nitrogens with one attached hydrogen (secondary N) is 1. The molecule has 26 heavy (non-hydrogen) atoms. The highest BCUT2D eigenvalue weighted by Crippen LogP contribution is 2.30. The second kappa shape index (κ2) is 8.05. The fourth-order valence-corrected chi connectivity index (χ4v) is 2.47. The third kappa shape index (κ3) is 4.43. The number of benzene rings is 2. The number of nitro benzene ring substituents is 1. The third-order valence-electron chi connectivity index (χ3n) is 3.75. The summed E-state index contributed by atoms with van der Waals surface area (Å²) in [7, 11) is 1.37. The number of nitrogens with zero attached hydrogens (tertiary/aromatic N) is 1. The molecular formula is C18H19ClN2O5. The summed E-state index contributed by atoms with van der Waals surface area (Å²) in [5.74, 6) is 0.308. The largest absolute Gasteiger partial charge is 0.494 e. The molecule has 2 rings (SSSR count). The summed E-state index contributed by atoms with van der Waals surface area (Å²) < 4.78 is 10.8. The lowest BCUT2D eigenvalue weighted by Crippen LogP contribution is -2.30. The molecule has 0 saturated carbocycles. The Morgan fingerprint density at radius 1 is 1.23 bits per heavy atom. The van der Waals surface area contributed by atoms with Gasteiger partial charge in [0.2, 0.25) is 0 Å². The lowest BCUT2D eigenvalue weighted by atomic mass is 10.1. The van der Waals surface area contributed by atoms with E-state index in [-0.39, 0.29) is 11.4 Å². The van der Waals surface area contributed by atoms with Crippen molar-refractivity contribution < 1.29 is 19.2 Å². The number of non-ortho nitro benzene ring substituents is 1. The van der Waals surface area contributed by atoms with Crippen LogP contribution in [0.15, 0.2) is 30.3 Å². The van der Waals surface area contributed by atoms with E-state index >= 15 is 0 Å². The van der Waals surface area contributed by atoms with E-state index in [1.165, 1.54) is 25.3 Å². The number of hydrogen-bond acceptors (Lipinski definition) is 5. The van der Waals surface area contributed by atoms with Crippen molar-refractivity contribution in [1.82, 2.24) is 0 Å². The molecule has 138 valence electrons. The van der Waals surface area contributed by atoms with Crippen LogP contribution in [-0.2, 0) is 4.79 Å². The van der Waals surface area contributed by atoms with Gasteiger partial charge in [-0.1, -0.05) is 11.6 Å². The van der Waals surface area contributed by atoms with E-state index in [0.717, 1.165) is 11.1 Å². The molecule has 7 nitrogen and oxygen atoms in total. The normalized spacial score (nSPS) is 11.6. The molecule has 2 aromatic rings. The molecule has 0 radical (unpaired) electrons. The minimum Gasteiger partial charge on any atom is -0.494 e. The second-order valence-corrected chi connectivity index (χ2v) is 6.14. The highest BCUT2D eigenvalue weighted by molar-refractivity contribution is 6.32. The Morgan fingerprint density at radius 3 is 2.38 bits per heavy atom. The van der Waals surface area contributed by atoms with E-state index < -0.39 is 16.9 Å². The van der Waals surface area contributed by atoms with E-state index in [0.29, 0.717) is 16.5 Å². The molecule has 0 bridgehead atoms. The van der Waals surface area contributed by atoms with Crippen LogP contribution >= 0.6 is 11.6 Å². The Morgan fingerprint density at radius 2 is 1.85 bits per heavy atom. The Labute approximate surface area is 156 Å². The van der Waals surface area contributed by atoms with Gasteiger partial charge in [-0.2, -0.15) is 0 Å². The number of carbonyl (C=O) groups excluding carboxylic acids is 1. The van der Waals surface area contributed by atoms with Crippen molar-refractivity contribution >= 4 is 28.9 Å². The molecule has 1 atom stereocenters. The molecule has 0 spiro atoms. The van der Waals surface area contributed by atoms with Crippen molar-refractivity contribution in [3.05, 3.63) is 56.6 Å². The van der Waals surface area contributed by atoms with Crippen molar-refractivity contribution in [3.8, 4) is 11.5 Å². The van der Waals surface area contributed by atoms with Crippen LogP contribution < -0.4 is 14.8 Å². The summed E-state index contributed by atoms with van der Waals surface area (Å²) in [5, 5.41) is 14.1. The summed E-state index contributed by atoms with van der Waals surface area (Å²) in [6.45, 7) is 5.32. The van der Waals surface area contributed by atoms with Crippen LogP contribution in [0.5, 0.6) is 11.5 Å². The average molecular weight is 379 g/mol. The van der Waals surface area contributed by atoms with Gasteiger partial charge in [-0.3, -0.25) is 14.9 Å². The lowest BCUT2D eigenvalue weighted by Gasteiger charge is -2.17. The van der Waals surface area contributed by atoms with E-state index in [1.54, 1.807) is 19.1 Å². The monoisotopic (exact) mass is 378 g/mol. The SMILES string of the molecule is COc1cc([N+](=O)[O-])ccc1NC(=O)[C@@H](C)Oc1cc(C)c(Cl)c(C)c1. The van der Waals surface area contributed by atoms with E-state index in [2.05, 4.69) is 5.32 Å². The van der Waals surface area contributed by atoms with Crippen molar-refractivity contribution in [2.24, 2.45) is 0 Å². The standard InChI is InChI=1S/C18H19ClN2O5/c1-10-7-14(8-11(2)17(10)19)26-12(3)18(22)20-15-6-5-13(21(23)24)9-16(15)25-4/h5-9,12H,1-4H3,(H,20,22)/t12-/m1/s1. The van der Waals surface area contributed by atoms with Gasteiger partial charge in [0, 0.05) is 11.1 Å². The van der Waals surface area contributed by atoms with Crippen LogP contribution in [-0.4, -0.2) is 24.0 Å². The highest BCUT2D eigenvalue weighted by Gasteiger charge is 2.19. The number of rotatable bonds is 6. The van der Waals surface area contributed by atoms with Crippen molar-refractivity contribution in [2.75, 3.05) is 12.4 Å². The number of aryl methyl sites for hydroxylation is 2. The van der Waals surface area contributed by atoms with Gasteiger partial charge < -0.3 is 14.8 Å². The summed E-state index contributed by atoms with van der Waals surface area (Å²) in [6.07, 6.45) is -0.796. The molecule has 0 aromatic heterocycles. The predicted octanol–water partition coefficient (Wildman–Crippen LogP) is 4.28. The van der Waals surface area contributed by atoms with Crippen LogP contribution in [0.3, 0.4) is 0 Å². The first-order chi connectivity index (χ1) is 12.2. The molecule has 1 N–H and O–H groups in total. The van der Waals surface area contributed by atoms with E-state index in [1.807, 2.05) is 13.8 Å². The van der Waals surface area contributed by atoms with Gasteiger partial charge >= 0.3 is 0 Å². The molecular weight excluding hydrogens is 360 g/mol. The fourth-order valence-electron chi connectivity index (χ4n) is 2.36. The Balaban J connectivity index is 2.13. The molecule has 0 aliphatic rings. The number of amides is 1. The van der Waals surface area contributed by atoms with Gasteiger partial charge in [0.05, 0.1) is 23.8 Å². The maximum atomic E-state index is 12.4. The zero-order valence-electron chi connectivity index (χ0n) is 14.8. The highest BCUT2D eigenvalue weighted by atomic mass is 35.5. The number of carbonyl (C=O) groups is 1. The molecule has 0 fully saturated rings. The second-order valence-electron chi connectivity index (χ2n) is 5.76. The minimum atomic E-state index is -0.796. The number of halogens is 1. The van der Waals surface area contributed by atoms with Crippen molar-refractivity contribution in [1.29, 1.82) is 0 Å². The third-order valence-corrected chi connectivity index (χ3v) is 4.34. The molecule has 0 unspecified atom stereocenters. The molecule has 0 aliphatic heterocycles. The van der Waals surface area contributed by atoms with E-state index in [4.69, 9.17) is 21.1 Å². The Kier molecular flexibility index (Phi) is 6.05. The van der Waals surface area contributed by atoms with Crippen LogP contribution in [0.25, 0.3) is 0 Å². The smallest absolute Gasteiger partial charge is 0.273 e. The topological polar surface area (TPSA) is 90.7 Å². The molecule has 1 amide bonds. The van der Waals surface area contributed by atoms with Gasteiger partial charge in [0.25, 0.3) is 11.6 Å². The van der Waals surface area contributed by atoms with Gasteiger partial charge in [0.15, 0.2) is 6.10 Å².